The van der Waals surface area contributed by atoms with Crippen LogP contribution in [-0.4, -0.2) is 41.4 Å². The Bertz CT molecular complexity index is 559. The lowest BCUT2D eigenvalue weighted by atomic mass is 10.2. The van der Waals surface area contributed by atoms with Crippen LogP contribution in [-0.2, 0) is 10.8 Å². The molecule has 0 bridgehead atoms. The van der Waals surface area contributed by atoms with Gasteiger partial charge in [0.1, 0.15) is 11.5 Å². The van der Waals surface area contributed by atoms with E-state index in [1.54, 1.807) is 32.4 Å². The van der Waals surface area contributed by atoms with Gasteiger partial charge in [-0.05, 0) is 32.9 Å². The lowest BCUT2D eigenvalue weighted by Crippen LogP contribution is -2.27. The van der Waals surface area contributed by atoms with E-state index in [0.29, 0.717) is 29.5 Å². The molecule has 132 valence electrons. The molecule has 1 rings (SSSR count). The fourth-order valence-electron chi connectivity index (χ4n) is 1.64. The van der Waals surface area contributed by atoms with E-state index in [2.05, 4.69) is 10.3 Å². The molecule has 0 heterocycles. The molecule has 0 aliphatic rings. The zero-order valence-corrected chi connectivity index (χ0v) is 17.4. The lowest BCUT2D eigenvalue weighted by Gasteiger charge is -2.16. The van der Waals surface area contributed by atoms with Crippen molar-refractivity contribution in [2.45, 2.75) is 25.5 Å². The largest absolute Gasteiger partial charge is 0.497 e. The Hall–Kier alpha value is -1.03. The van der Waals surface area contributed by atoms with Crippen LogP contribution < -0.4 is 20.5 Å². The van der Waals surface area contributed by atoms with Gasteiger partial charge in [0.2, 0.25) is 0 Å². The Kier molecular flexibility index (Phi) is 9.52. The summed E-state index contributed by atoms with van der Waals surface area (Å²) in [7, 11) is 2.22. The van der Waals surface area contributed by atoms with Gasteiger partial charge >= 0.3 is 0 Å². The summed E-state index contributed by atoms with van der Waals surface area (Å²) < 4.78 is 22.1. The maximum absolute atomic E-state index is 11.9. The van der Waals surface area contributed by atoms with Crippen molar-refractivity contribution in [3.8, 4) is 11.5 Å². The highest BCUT2D eigenvalue weighted by atomic mass is 127. The van der Waals surface area contributed by atoms with Crippen LogP contribution in [0.3, 0.4) is 0 Å². The summed E-state index contributed by atoms with van der Waals surface area (Å²) in [5, 5.41) is 2.97. The SMILES string of the molecule is COc1ccc(OC)c(NC(N)=NCCS(=O)C(C)(C)C)c1.I. The van der Waals surface area contributed by atoms with Gasteiger partial charge in [-0.25, -0.2) is 0 Å². The number of nitrogens with two attached hydrogens (primary N) is 1. The van der Waals surface area contributed by atoms with Crippen LogP contribution in [0.1, 0.15) is 20.8 Å². The summed E-state index contributed by atoms with van der Waals surface area (Å²) in [5.41, 5.74) is 6.53. The Labute approximate surface area is 157 Å². The first-order valence-corrected chi connectivity index (χ1v) is 8.27. The second-order valence-corrected chi connectivity index (χ2v) is 7.94. The molecule has 0 aliphatic heterocycles. The monoisotopic (exact) mass is 455 g/mol. The molecule has 1 atom stereocenters. The predicted octanol–water partition coefficient (Wildman–Crippen LogP) is 2.60. The standard InChI is InChI=1S/C15H25N3O3S.HI/c1-15(2,3)22(19)9-8-17-14(16)18-12-10-11(20-4)6-7-13(12)21-5;/h6-7,10H,8-9H2,1-5H3,(H3,16,17,18);1H. The van der Waals surface area contributed by atoms with E-state index in [1.165, 1.54) is 0 Å². The van der Waals surface area contributed by atoms with E-state index in [-0.39, 0.29) is 34.7 Å². The molecular weight excluding hydrogens is 429 g/mol. The van der Waals surface area contributed by atoms with Gasteiger partial charge in [-0.15, -0.1) is 24.0 Å². The molecule has 1 aromatic rings. The van der Waals surface area contributed by atoms with Gasteiger partial charge in [0.05, 0.1) is 26.5 Å². The number of guanidine groups is 1. The number of anilines is 1. The number of rotatable bonds is 6. The van der Waals surface area contributed by atoms with Crippen LogP contribution in [0.5, 0.6) is 11.5 Å². The molecule has 6 nitrogen and oxygen atoms in total. The van der Waals surface area contributed by atoms with Crippen LogP contribution in [0.25, 0.3) is 0 Å². The zero-order chi connectivity index (χ0) is 16.8. The van der Waals surface area contributed by atoms with Crippen LogP contribution in [0.4, 0.5) is 5.69 Å². The molecular formula is C15H26IN3O3S. The Morgan fingerprint density at radius 3 is 2.48 bits per heavy atom. The van der Waals surface area contributed by atoms with Gasteiger partial charge in [0.15, 0.2) is 5.96 Å². The third-order valence-corrected chi connectivity index (χ3v) is 4.83. The first-order chi connectivity index (χ1) is 10.3. The van der Waals surface area contributed by atoms with Crippen molar-refractivity contribution >= 4 is 46.4 Å². The van der Waals surface area contributed by atoms with Crippen LogP contribution >= 0.6 is 24.0 Å². The maximum atomic E-state index is 11.9. The molecule has 0 aliphatic carbocycles. The molecule has 0 aromatic heterocycles. The smallest absolute Gasteiger partial charge is 0.193 e. The van der Waals surface area contributed by atoms with Crippen molar-refractivity contribution in [3.63, 3.8) is 0 Å². The van der Waals surface area contributed by atoms with Crippen LogP contribution in [0.2, 0.25) is 0 Å². The van der Waals surface area contributed by atoms with E-state index < -0.39 is 10.8 Å². The van der Waals surface area contributed by atoms with Crippen molar-refractivity contribution in [1.29, 1.82) is 0 Å². The number of methoxy groups -OCH3 is 2. The number of halogens is 1. The summed E-state index contributed by atoms with van der Waals surface area (Å²) >= 11 is 0. The van der Waals surface area contributed by atoms with Crippen LogP contribution in [0, 0.1) is 0 Å². The third-order valence-electron chi connectivity index (χ3n) is 2.91. The molecule has 3 N–H and O–H groups in total. The second kappa shape index (κ2) is 9.96. The number of nitrogens with zero attached hydrogens (tertiary/aromatic N) is 1. The van der Waals surface area contributed by atoms with Crippen molar-refractivity contribution in [2.24, 2.45) is 10.7 Å². The summed E-state index contributed by atoms with van der Waals surface area (Å²) in [5.74, 6) is 2.04. The van der Waals surface area contributed by atoms with E-state index in [1.807, 2.05) is 20.8 Å². The van der Waals surface area contributed by atoms with E-state index in [0.717, 1.165) is 0 Å². The number of aliphatic imine (C=N–C) groups is 1. The fourth-order valence-corrected chi connectivity index (χ4v) is 2.51. The predicted molar refractivity (Wildman–Crippen MR) is 108 cm³/mol. The molecule has 0 radical (unpaired) electrons. The average Bonchev–Trinajstić information content (AvgIpc) is 2.46. The number of hydrogen-bond donors (Lipinski definition) is 2. The molecule has 23 heavy (non-hydrogen) atoms. The minimum atomic E-state index is -0.946. The first kappa shape index (κ1) is 22.0. The van der Waals surface area contributed by atoms with E-state index in [9.17, 15) is 4.21 Å². The highest BCUT2D eigenvalue weighted by molar-refractivity contribution is 14.0. The minimum Gasteiger partial charge on any atom is -0.497 e. The highest BCUT2D eigenvalue weighted by Crippen LogP contribution is 2.28. The lowest BCUT2D eigenvalue weighted by molar-refractivity contribution is 0.405. The average molecular weight is 455 g/mol. The molecule has 0 saturated heterocycles. The van der Waals surface area contributed by atoms with E-state index >= 15 is 0 Å². The van der Waals surface area contributed by atoms with Crippen molar-refractivity contribution < 1.29 is 13.7 Å². The van der Waals surface area contributed by atoms with Crippen molar-refractivity contribution in [1.82, 2.24) is 0 Å². The maximum Gasteiger partial charge on any atom is 0.193 e. The van der Waals surface area contributed by atoms with Crippen LogP contribution in [0.15, 0.2) is 23.2 Å². The van der Waals surface area contributed by atoms with Crippen molar-refractivity contribution in [2.75, 3.05) is 31.8 Å². The molecule has 0 spiro atoms. The summed E-state index contributed by atoms with van der Waals surface area (Å²) in [4.78, 5) is 4.20. The molecule has 1 aromatic carbocycles. The Morgan fingerprint density at radius 2 is 1.96 bits per heavy atom. The highest BCUT2D eigenvalue weighted by Gasteiger charge is 2.18. The molecule has 0 amide bonds. The normalized spacial score (nSPS) is 13.0. The Balaban J connectivity index is 0.00000484. The Morgan fingerprint density at radius 1 is 1.30 bits per heavy atom. The number of benzene rings is 1. The first-order valence-electron chi connectivity index (χ1n) is 6.95. The number of hydrogen-bond acceptors (Lipinski definition) is 4. The minimum absolute atomic E-state index is 0. The summed E-state index contributed by atoms with van der Waals surface area (Å²) in [6, 6.07) is 5.35. The van der Waals surface area contributed by atoms with Gasteiger partial charge in [-0.2, -0.15) is 0 Å². The van der Waals surface area contributed by atoms with E-state index in [4.69, 9.17) is 15.2 Å². The molecule has 8 heteroatoms. The summed E-state index contributed by atoms with van der Waals surface area (Å²) in [6.07, 6.45) is 0. The molecule has 0 saturated carbocycles. The van der Waals surface area contributed by atoms with Gasteiger partial charge in [0.25, 0.3) is 0 Å². The fraction of sp³-hybridized carbons (Fsp3) is 0.533. The van der Waals surface area contributed by atoms with Gasteiger partial charge in [0, 0.05) is 27.4 Å². The van der Waals surface area contributed by atoms with Gasteiger partial charge < -0.3 is 20.5 Å². The number of ether oxygens (including phenoxy) is 2. The number of nitrogens with one attached hydrogen (secondary N) is 1. The second-order valence-electron chi connectivity index (χ2n) is 5.62. The van der Waals surface area contributed by atoms with Gasteiger partial charge in [-0.1, -0.05) is 0 Å². The zero-order valence-electron chi connectivity index (χ0n) is 14.2. The van der Waals surface area contributed by atoms with Crippen molar-refractivity contribution in [3.05, 3.63) is 18.2 Å². The summed E-state index contributed by atoms with van der Waals surface area (Å²) in [6.45, 7) is 6.22. The third kappa shape index (κ3) is 7.38. The molecule has 1 unspecified atom stereocenters. The topological polar surface area (TPSA) is 85.9 Å². The van der Waals surface area contributed by atoms with Gasteiger partial charge in [-0.3, -0.25) is 9.20 Å². The quantitative estimate of drug-likeness (QED) is 0.391. The molecule has 0 fully saturated rings.